The lowest BCUT2D eigenvalue weighted by atomic mass is 10.0. The molecular weight excluding hydrogens is 290 g/mol. The maximum absolute atomic E-state index is 12.4. The third-order valence-electron chi connectivity index (χ3n) is 3.79. The molecule has 112 valence electrons. The Bertz CT molecular complexity index is 811. The molecule has 2 atom stereocenters. The highest BCUT2D eigenvalue weighted by molar-refractivity contribution is 7.83. The number of rotatable bonds is 4. The molecule has 3 rings (SSSR count). The normalized spacial score (nSPS) is 13.9. The molecule has 3 heteroatoms. The van der Waals surface area contributed by atoms with Gasteiger partial charge in [-0.15, -0.1) is 0 Å². The third-order valence-corrected chi connectivity index (χ3v) is 5.06. The summed E-state index contributed by atoms with van der Waals surface area (Å²) in [7, 11) is -1.21. The van der Waals surface area contributed by atoms with Gasteiger partial charge in [-0.05, 0) is 48.4 Å². The lowest BCUT2D eigenvalue weighted by molar-refractivity contribution is 0.651. The Kier molecular flexibility index (Phi) is 4.36. The molecule has 3 aromatic carbocycles. The molecule has 22 heavy (non-hydrogen) atoms. The maximum atomic E-state index is 12.4. The summed E-state index contributed by atoms with van der Waals surface area (Å²) in [6, 6.07) is 22.4. The molecule has 2 nitrogen and oxygen atoms in total. The van der Waals surface area contributed by atoms with Crippen LogP contribution in [0.1, 0.15) is 24.1 Å². The largest absolute Gasteiger partial charge is 0.237 e. The Hall–Kier alpha value is -1.97. The van der Waals surface area contributed by atoms with E-state index in [1.54, 1.807) is 0 Å². The van der Waals surface area contributed by atoms with Crippen LogP contribution in [0, 0.1) is 6.92 Å². The number of nitrogens with one attached hydrogen (secondary N) is 1. The van der Waals surface area contributed by atoms with Crippen molar-refractivity contribution in [1.82, 2.24) is 4.72 Å². The molecule has 0 bridgehead atoms. The molecular formula is C19H19NOS. The molecule has 3 aromatic rings. The zero-order valence-electron chi connectivity index (χ0n) is 12.7. The second-order valence-electron chi connectivity index (χ2n) is 5.53. The monoisotopic (exact) mass is 309 g/mol. The van der Waals surface area contributed by atoms with Crippen LogP contribution in [-0.4, -0.2) is 4.21 Å². The molecule has 0 aliphatic heterocycles. The third kappa shape index (κ3) is 3.26. The lowest BCUT2D eigenvalue weighted by Crippen LogP contribution is -2.21. The fourth-order valence-electron chi connectivity index (χ4n) is 2.44. The minimum atomic E-state index is -1.21. The van der Waals surface area contributed by atoms with Crippen LogP contribution in [0.15, 0.2) is 71.6 Å². The minimum Gasteiger partial charge on any atom is -0.237 e. The fraction of sp³-hybridized carbons (Fsp3) is 0.158. The van der Waals surface area contributed by atoms with E-state index in [2.05, 4.69) is 35.1 Å². The molecule has 0 aliphatic carbocycles. The van der Waals surface area contributed by atoms with Gasteiger partial charge in [0.15, 0.2) is 0 Å². The van der Waals surface area contributed by atoms with Crippen LogP contribution in [0.5, 0.6) is 0 Å². The molecule has 0 fully saturated rings. The molecule has 0 saturated heterocycles. The van der Waals surface area contributed by atoms with Crippen molar-refractivity contribution in [2.45, 2.75) is 24.8 Å². The smallest absolute Gasteiger partial charge is 0.125 e. The first-order valence-corrected chi connectivity index (χ1v) is 8.52. The molecule has 0 saturated carbocycles. The summed E-state index contributed by atoms with van der Waals surface area (Å²) in [5.41, 5.74) is 2.31. The Morgan fingerprint density at radius 2 is 1.59 bits per heavy atom. The molecule has 0 spiro atoms. The Morgan fingerprint density at radius 1 is 0.909 bits per heavy atom. The van der Waals surface area contributed by atoms with Crippen LogP contribution in [0.25, 0.3) is 10.8 Å². The summed E-state index contributed by atoms with van der Waals surface area (Å²) >= 11 is 0. The molecule has 0 aliphatic rings. The number of aryl methyl sites for hydroxylation is 1. The topological polar surface area (TPSA) is 29.1 Å². The average Bonchev–Trinajstić information content (AvgIpc) is 2.55. The summed E-state index contributed by atoms with van der Waals surface area (Å²) in [6.45, 7) is 4.06. The van der Waals surface area contributed by atoms with E-state index in [9.17, 15) is 4.21 Å². The standard InChI is InChI=1S/C19H19NOS/c1-14-7-11-19(12-8-14)22(21)20-15(2)17-10-9-16-5-3-4-6-18(16)13-17/h3-13,15,20H,1-2H3/t15-,22?/m1/s1. The highest BCUT2D eigenvalue weighted by Gasteiger charge is 2.11. The zero-order chi connectivity index (χ0) is 15.5. The van der Waals surface area contributed by atoms with Gasteiger partial charge in [0, 0.05) is 6.04 Å². The second-order valence-corrected chi connectivity index (χ2v) is 6.77. The van der Waals surface area contributed by atoms with Crippen molar-refractivity contribution in [3.05, 3.63) is 77.9 Å². The van der Waals surface area contributed by atoms with E-state index >= 15 is 0 Å². The first-order valence-electron chi connectivity index (χ1n) is 7.37. The first kappa shape index (κ1) is 14.9. The molecule has 1 unspecified atom stereocenters. The lowest BCUT2D eigenvalue weighted by Gasteiger charge is -2.14. The van der Waals surface area contributed by atoms with Gasteiger partial charge >= 0.3 is 0 Å². The number of hydrogen-bond acceptors (Lipinski definition) is 1. The fourth-order valence-corrected chi connectivity index (χ4v) is 3.41. The highest BCUT2D eigenvalue weighted by atomic mass is 32.2. The minimum absolute atomic E-state index is 0.0201. The van der Waals surface area contributed by atoms with Crippen LogP contribution in [-0.2, 0) is 11.0 Å². The van der Waals surface area contributed by atoms with Crippen molar-refractivity contribution >= 4 is 21.8 Å². The highest BCUT2D eigenvalue weighted by Crippen LogP contribution is 2.21. The zero-order valence-corrected chi connectivity index (χ0v) is 13.6. The van der Waals surface area contributed by atoms with E-state index in [1.165, 1.54) is 16.3 Å². The quantitative estimate of drug-likeness (QED) is 0.754. The van der Waals surface area contributed by atoms with Gasteiger partial charge in [0.2, 0.25) is 0 Å². The van der Waals surface area contributed by atoms with Gasteiger partial charge in [0.05, 0.1) is 4.90 Å². The SMILES string of the molecule is Cc1ccc(S(=O)N[C@H](C)c2ccc3ccccc3c2)cc1. The van der Waals surface area contributed by atoms with Crippen molar-refractivity contribution in [3.63, 3.8) is 0 Å². The van der Waals surface area contributed by atoms with E-state index < -0.39 is 11.0 Å². The molecule has 0 radical (unpaired) electrons. The Balaban J connectivity index is 1.79. The number of benzene rings is 3. The van der Waals surface area contributed by atoms with Crippen molar-refractivity contribution in [2.24, 2.45) is 0 Å². The van der Waals surface area contributed by atoms with E-state index in [0.29, 0.717) is 0 Å². The number of hydrogen-bond donors (Lipinski definition) is 1. The molecule has 1 N–H and O–H groups in total. The van der Waals surface area contributed by atoms with Crippen LogP contribution < -0.4 is 4.72 Å². The maximum Gasteiger partial charge on any atom is 0.125 e. The van der Waals surface area contributed by atoms with Crippen LogP contribution in [0.3, 0.4) is 0 Å². The van der Waals surface area contributed by atoms with E-state index in [4.69, 9.17) is 0 Å². The van der Waals surface area contributed by atoms with Gasteiger partial charge in [-0.3, -0.25) is 0 Å². The van der Waals surface area contributed by atoms with Crippen molar-refractivity contribution in [2.75, 3.05) is 0 Å². The van der Waals surface area contributed by atoms with Gasteiger partial charge in [-0.25, -0.2) is 8.93 Å². The van der Waals surface area contributed by atoms with Crippen molar-refractivity contribution in [1.29, 1.82) is 0 Å². The van der Waals surface area contributed by atoms with Gasteiger partial charge in [0.25, 0.3) is 0 Å². The molecule has 0 heterocycles. The molecule has 0 amide bonds. The van der Waals surface area contributed by atoms with Gasteiger partial charge < -0.3 is 0 Å². The van der Waals surface area contributed by atoms with Crippen molar-refractivity contribution < 1.29 is 4.21 Å². The average molecular weight is 309 g/mol. The van der Waals surface area contributed by atoms with Crippen molar-refractivity contribution in [3.8, 4) is 0 Å². The van der Waals surface area contributed by atoms with Crippen LogP contribution in [0.2, 0.25) is 0 Å². The first-order chi connectivity index (χ1) is 10.6. The van der Waals surface area contributed by atoms with E-state index in [0.717, 1.165) is 10.5 Å². The summed E-state index contributed by atoms with van der Waals surface area (Å²) in [4.78, 5) is 0.804. The van der Waals surface area contributed by atoms with Crippen LogP contribution in [0.4, 0.5) is 0 Å². The van der Waals surface area contributed by atoms with E-state index in [-0.39, 0.29) is 6.04 Å². The number of fused-ring (bicyclic) bond motifs is 1. The summed E-state index contributed by atoms with van der Waals surface area (Å²) in [6.07, 6.45) is 0. The summed E-state index contributed by atoms with van der Waals surface area (Å²) in [5.74, 6) is 0. The Morgan fingerprint density at radius 3 is 2.32 bits per heavy atom. The summed E-state index contributed by atoms with van der Waals surface area (Å²) in [5, 5.41) is 2.42. The summed E-state index contributed by atoms with van der Waals surface area (Å²) < 4.78 is 15.6. The van der Waals surface area contributed by atoms with Gasteiger partial charge in [-0.1, -0.05) is 54.1 Å². The predicted octanol–water partition coefficient (Wildman–Crippen LogP) is 4.52. The second kappa shape index (κ2) is 6.42. The predicted molar refractivity (Wildman–Crippen MR) is 93.1 cm³/mol. The molecule has 0 aromatic heterocycles. The van der Waals surface area contributed by atoms with Gasteiger partial charge in [-0.2, -0.15) is 0 Å². The van der Waals surface area contributed by atoms with Crippen LogP contribution >= 0.6 is 0 Å². The van der Waals surface area contributed by atoms with E-state index in [1.807, 2.05) is 50.2 Å². The van der Waals surface area contributed by atoms with Gasteiger partial charge in [0.1, 0.15) is 11.0 Å². The Labute approximate surface area is 133 Å².